The number of aromatic hydroxyl groups is 2. The monoisotopic (exact) mass is 952 g/mol. The molecule has 3 aromatic carbocycles. The van der Waals surface area contributed by atoms with Crippen LogP contribution in [0.2, 0.25) is 0 Å². The minimum Gasteiger partial charge on any atom is -0.507 e. The van der Waals surface area contributed by atoms with Crippen molar-refractivity contribution in [2.24, 2.45) is 23.7 Å². The number of ether oxygens (including phenoxy) is 1. The number of phenols is 2. The Morgan fingerprint density at radius 3 is 2.52 bits per heavy atom. The van der Waals surface area contributed by atoms with Gasteiger partial charge in [-0.25, -0.2) is 0 Å². The molecule has 2 aromatic heterocycles. The Kier molecular flexibility index (Phi) is 13.1. The van der Waals surface area contributed by atoms with Gasteiger partial charge in [-0.3, -0.25) is 9.59 Å². The number of benzene rings is 3. The van der Waals surface area contributed by atoms with Gasteiger partial charge in [0.1, 0.15) is 23.4 Å². The fourth-order valence-corrected chi connectivity index (χ4v) is 12.7. The average Bonchev–Trinajstić information content (AvgIpc) is 4.15. The molecule has 0 spiro atoms. The number of H-pyrrole nitrogens is 2. The molecule has 11 heteroatoms. The van der Waals surface area contributed by atoms with Crippen LogP contribution in [0.1, 0.15) is 125 Å². The highest BCUT2D eigenvalue weighted by Crippen LogP contribution is 2.49. The maximum atomic E-state index is 16.0. The third kappa shape index (κ3) is 9.07. The van der Waals surface area contributed by atoms with Crippen LogP contribution < -0.4 is 15.4 Å². The Hall–Kier alpha value is -6.58. The lowest BCUT2D eigenvalue weighted by Crippen LogP contribution is -2.41. The molecular weight excluding hydrogens is 889 g/mol. The molecule has 9 unspecified atom stereocenters. The molecule has 3 aliphatic heterocycles. The molecule has 0 radical (unpaired) electrons. The van der Waals surface area contributed by atoms with Crippen LogP contribution >= 0.6 is 0 Å². The Balaban J connectivity index is 1.09. The van der Waals surface area contributed by atoms with Crippen LogP contribution in [0, 0.1) is 35.5 Å². The van der Waals surface area contributed by atoms with Crippen molar-refractivity contribution in [1.82, 2.24) is 15.3 Å². The number of carbonyl (C=O) groups excluding carboxylic acids is 2. The zero-order valence-corrected chi connectivity index (χ0v) is 40.3. The number of rotatable bonds is 8. The van der Waals surface area contributed by atoms with Crippen LogP contribution in [0.15, 0.2) is 96.9 Å². The summed E-state index contributed by atoms with van der Waals surface area (Å²) < 4.78 is 6.54. The first-order chi connectivity index (χ1) is 34.6. The number of anilines is 1. The summed E-state index contributed by atoms with van der Waals surface area (Å²) >= 11 is 0. The largest absolute Gasteiger partial charge is 0.507 e. The number of carbonyl (C=O) groups is 2. The first-order valence-electron chi connectivity index (χ1n) is 25.8. The molecule has 7 bridgehead atoms. The number of aliphatic hydroxyl groups excluding tert-OH is 2. The second-order valence-corrected chi connectivity index (χ2v) is 20.7. The fourth-order valence-electron chi connectivity index (χ4n) is 12.7. The predicted octanol–water partition coefficient (Wildman–Crippen LogP) is 8.99. The normalized spacial score (nSPS) is 26.9. The molecule has 11 nitrogen and oxygen atoms in total. The number of fused-ring (bicyclic) bond motifs is 8. The van der Waals surface area contributed by atoms with E-state index >= 15 is 4.79 Å². The molecular formula is C60H64N4O7. The predicted molar refractivity (Wildman–Crippen MR) is 275 cm³/mol. The molecule has 1 fully saturated rings. The van der Waals surface area contributed by atoms with Gasteiger partial charge in [0.05, 0.1) is 24.0 Å². The smallest absolute Gasteiger partial charge is 0.161 e. The van der Waals surface area contributed by atoms with Gasteiger partial charge in [0.25, 0.3) is 0 Å². The number of hydrogen-bond acceptors (Lipinski definition) is 9. The number of nitrogens with one attached hydrogen (secondary N) is 4. The van der Waals surface area contributed by atoms with Crippen molar-refractivity contribution >= 4 is 29.5 Å². The van der Waals surface area contributed by atoms with E-state index in [9.17, 15) is 25.2 Å². The van der Waals surface area contributed by atoms with Crippen molar-refractivity contribution in [2.45, 2.75) is 107 Å². The zero-order valence-electron chi connectivity index (χ0n) is 40.3. The topological polar surface area (TPSA) is 180 Å². The lowest BCUT2D eigenvalue weighted by Gasteiger charge is -2.38. The second-order valence-electron chi connectivity index (χ2n) is 20.7. The summed E-state index contributed by atoms with van der Waals surface area (Å²) in [6.07, 6.45) is 20.2. The number of phenolic OH excluding ortho intramolecular Hbond substituents is 2. The number of aromatic nitrogens is 2. The third-order valence-corrected chi connectivity index (χ3v) is 16.4. The number of ketones is 2. The van der Waals surface area contributed by atoms with Crippen LogP contribution in [0.4, 0.5) is 5.82 Å². The molecule has 1 saturated carbocycles. The summed E-state index contributed by atoms with van der Waals surface area (Å²) in [6, 6.07) is 19.2. The Morgan fingerprint density at radius 2 is 1.68 bits per heavy atom. The van der Waals surface area contributed by atoms with Gasteiger partial charge in [0.2, 0.25) is 0 Å². The van der Waals surface area contributed by atoms with E-state index in [0.29, 0.717) is 42.7 Å². The summed E-state index contributed by atoms with van der Waals surface area (Å²) in [5.41, 5.74) is 9.96. The molecule has 12 rings (SSSR count). The van der Waals surface area contributed by atoms with Crippen molar-refractivity contribution in [3.63, 3.8) is 0 Å². The number of allylic oxidation sites excluding steroid dienone is 2. The lowest BCUT2D eigenvalue weighted by molar-refractivity contribution is -0.135. The van der Waals surface area contributed by atoms with Gasteiger partial charge in [0, 0.05) is 84.4 Å². The summed E-state index contributed by atoms with van der Waals surface area (Å²) in [6.45, 7) is 0.0534. The lowest BCUT2D eigenvalue weighted by atomic mass is 9.66. The fraction of sp³-hybridized carbons (Fsp3) is 0.400. The van der Waals surface area contributed by atoms with Gasteiger partial charge >= 0.3 is 0 Å². The number of Topliss-reactive ketones (excluding diaryl/α,β-unsaturated/α-hetero) is 2. The van der Waals surface area contributed by atoms with E-state index in [2.05, 4.69) is 81.0 Å². The molecule has 8 N–H and O–H groups in total. The second kappa shape index (κ2) is 19.9. The summed E-state index contributed by atoms with van der Waals surface area (Å²) in [4.78, 5) is 38.0. The molecule has 71 heavy (non-hydrogen) atoms. The van der Waals surface area contributed by atoms with Crippen molar-refractivity contribution < 1.29 is 34.8 Å². The summed E-state index contributed by atoms with van der Waals surface area (Å²) in [7, 11) is 1.86. The van der Waals surface area contributed by atoms with Crippen molar-refractivity contribution in [3.05, 3.63) is 153 Å². The molecule has 4 aliphatic carbocycles. The average molecular weight is 953 g/mol. The van der Waals surface area contributed by atoms with Gasteiger partial charge in [-0.2, -0.15) is 0 Å². The van der Waals surface area contributed by atoms with E-state index < -0.39 is 29.9 Å². The maximum Gasteiger partial charge on any atom is 0.161 e. The molecule has 5 aromatic rings. The van der Waals surface area contributed by atoms with E-state index in [4.69, 9.17) is 4.74 Å². The molecule has 5 heterocycles. The molecule has 7 aliphatic rings. The highest BCUT2D eigenvalue weighted by Gasteiger charge is 2.45. The van der Waals surface area contributed by atoms with E-state index in [1.54, 1.807) is 6.07 Å². The number of aryl methyl sites for hydroxylation is 2. The maximum absolute atomic E-state index is 16.0. The zero-order chi connectivity index (χ0) is 48.8. The molecule has 9 atom stereocenters. The first-order valence-corrected chi connectivity index (χ1v) is 25.8. The minimum atomic E-state index is -1.12. The van der Waals surface area contributed by atoms with E-state index in [-0.39, 0.29) is 72.3 Å². The Bertz CT molecular complexity index is 3000. The quantitative estimate of drug-likeness (QED) is 0.0428. The summed E-state index contributed by atoms with van der Waals surface area (Å²) in [5.74, 6) is 4.67. The highest BCUT2D eigenvalue weighted by atomic mass is 16.5. The van der Waals surface area contributed by atoms with Gasteiger partial charge in [-0.05, 0) is 140 Å². The van der Waals surface area contributed by atoms with E-state index in [0.717, 1.165) is 94.5 Å². The van der Waals surface area contributed by atoms with Gasteiger partial charge in [0.15, 0.2) is 17.3 Å². The third-order valence-electron chi connectivity index (χ3n) is 16.4. The number of aliphatic hydroxyl groups is 2. The van der Waals surface area contributed by atoms with Crippen LogP contribution in [0.3, 0.4) is 0 Å². The van der Waals surface area contributed by atoms with Gasteiger partial charge in [-0.1, -0.05) is 72.5 Å². The molecule has 0 saturated heterocycles. The number of hydrogen-bond donors (Lipinski definition) is 8. The van der Waals surface area contributed by atoms with Crippen molar-refractivity contribution in [3.8, 4) is 29.1 Å². The standard InChI is InChI=1S/C60H64N4O7/c1-61-33-38-14-19-51-50-32-52-44(21-24-62-52)49(29-34-9-13-37-5-4-8-53(66)41(37)15-10-34)56(50)59(70)47(23-26-65)54(67)20-12-36-28-39(58(69)55(31-36)71-40-6-2-3-7-40)27-35-11-16-42-45(57(38)68)18-17-43(48(42)30-35)46-22-25-63-60(46)64-51/h4-5,8,10-11,15-18,21-22,24-25,28,30-32,34,38,40,43,45,47,49,51,56-57,61-66,68-69H,2-3,6-7,9,12-13,20,23,26-27,29,33H2,1H3. The first kappa shape index (κ1) is 46.8. The van der Waals surface area contributed by atoms with Crippen LogP contribution in [0.5, 0.6) is 17.2 Å². The number of aromatic amines is 2. The van der Waals surface area contributed by atoms with Crippen LogP contribution in [-0.2, 0) is 28.9 Å². The summed E-state index contributed by atoms with van der Waals surface area (Å²) in [5, 5.41) is 53.2. The van der Waals surface area contributed by atoms with Crippen LogP contribution in [-0.4, -0.2) is 80.4 Å². The minimum absolute atomic E-state index is 0.0140. The van der Waals surface area contributed by atoms with Crippen molar-refractivity contribution in [1.29, 1.82) is 0 Å². The van der Waals surface area contributed by atoms with Crippen molar-refractivity contribution in [2.75, 3.05) is 25.5 Å². The van der Waals surface area contributed by atoms with Crippen LogP contribution in [0.25, 0.3) is 12.2 Å². The van der Waals surface area contributed by atoms with Gasteiger partial charge < -0.3 is 45.8 Å². The highest BCUT2D eigenvalue weighted by molar-refractivity contribution is 6.05. The van der Waals surface area contributed by atoms with Gasteiger partial charge in [-0.15, -0.1) is 0 Å². The van der Waals surface area contributed by atoms with E-state index in [1.165, 1.54) is 0 Å². The Morgan fingerprint density at radius 1 is 0.831 bits per heavy atom. The molecule has 0 amide bonds. The molecule has 366 valence electrons. The Labute approximate surface area is 415 Å². The SMILES string of the molecule is CNCC1C#CC2Nc3[nH]ccc3C3C=CC(c4ccc(cc43)Cc3cc(cc(OC4CCCC4)c3O)CCC(=O)C(CCO)C(=O)C3C2=Cc2[nH]ccc2C3CC2C=Cc3c(O)cccc3CC2)C1O. The van der Waals surface area contributed by atoms with E-state index in [1.807, 2.05) is 55.9 Å².